The van der Waals surface area contributed by atoms with Gasteiger partial charge in [-0.1, -0.05) is 13.3 Å². The van der Waals surface area contributed by atoms with Gasteiger partial charge in [0.15, 0.2) is 0 Å². The molecule has 1 atom stereocenters. The van der Waals surface area contributed by atoms with Crippen LogP contribution in [0.3, 0.4) is 0 Å². The molecule has 1 amide bonds. The summed E-state index contributed by atoms with van der Waals surface area (Å²) >= 11 is 0. The van der Waals surface area contributed by atoms with E-state index in [2.05, 4.69) is 19.2 Å². The first-order chi connectivity index (χ1) is 6.06. The van der Waals surface area contributed by atoms with Gasteiger partial charge in [0.1, 0.15) is 0 Å². The van der Waals surface area contributed by atoms with Gasteiger partial charge in [-0.25, -0.2) is 0 Å². The number of hydrogen-bond acceptors (Lipinski definition) is 2. The average molecular weight is 184 g/mol. The van der Waals surface area contributed by atoms with E-state index in [-0.39, 0.29) is 17.5 Å². The van der Waals surface area contributed by atoms with Gasteiger partial charge in [-0.15, -0.1) is 0 Å². The van der Waals surface area contributed by atoms with E-state index in [0.717, 1.165) is 25.7 Å². The van der Waals surface area contributed by atoms with Crippen LogP contribution in [0.4, 0.5) is 0 Å². The van der Waals surface area contributed by atoms with E-state index < -0.39 is 0 Å². The zero-order chi connectivity index (χ0) is 9.90. The number of nitrogens with one attached hydrogen (secondary N) is 1. The number of amides is 1. The van der Waals surface area contributed by atoms with Gasteiger partial charge in [-0.3, -0.25) is 4.79 Å². The predicted octanol–water partition coefficient (Wildman–Crippen LogP) is 1.17. The molecule has 0 heterocycles. The maximum atomic E-state index is 11.4. The van der Waals surface area contributed by atoms with E-state index in [1.54, 1.807) is 0 Å². The second-order valence-electron chi connectivity index (χ2n) is 4.36. The molecule has 76 valence electrons. The molecule has 1 saturated carbocycles. The predicted molar refractivity (Wildman–Crippen MR) is 53.3 cm³/mol. The van der Waals surface area contributed by atoms with Gasteiger partial charge in [0.25, 0.3) is 0 Å². The van der Waals surface area contributed by atoms with Crippen LogP contribution in [0.2, 0.25) is 0 Å². The maximum Gasteiger partial charge on any atom is 0.221 e. The molecule has 0 aromatic carbocycles. The molecule has 3 N–H and O–H groups in total. The molecule has 3 heteroatoms. The van der Waals surface area contributed by atoms with E-state index in [0.29, 0.717) is 6.42 Å². The number of hydrogen-bond donors (Lipinski definition) is 2. The highest BCUT2D eigenvalue weighted by Gasteiger charge is 2.38. The fourth-order valence-electron chi connectivity index (χ4n) is 1.41. The minimum atomic E-state index is 0.0346. The molecule has 0 bridgehead atoms. The number of carbonyl (C=O) groups is 1. The first kappa shape index (κ1) is 10.5. The van der Waals surface area contributed by atoms with Gasteiger partial charge < -0.3 is 11.1 Å². The van der Waals surface area contributed by atoms with Crippen LogP contribution < -0.4 is 11.1 Å². The third kappa shape index (κ3) is 3.77. The van der Waals surface area contributed by atoms with Gasteiger partial charge in [-0.05, 0) is 26.2 Å². The van der Waals surface area contributed by atoms with Crippen molar-refractivity contribution in [2.45, 2.75) is 57.5 Å². The lowest BCUT2D eigenvalue weighted by atomic mass is 10.1. The lowest BCUT2D eigenvalue weighted by Gasteiger charge is -2.14. The van der Waals surface area contributed by atoms with Crippen molar-refractivity contribution in [2.75, 3.05) is 0 Å². The molecule has 13 heavy (non-hydrogen) atoms. The van der Waals surface area contributed by atoms with Crippen LogP contribution in [-0.2, 0) is 4.79 Å². The smallest absolute Gasteiger partial charge is 0.221 e. The zero-order valence-corrected chi connectivity index (χ0v) is 8.60. The third-order valence-electron chi connectivity index (χ3n) is 2.55. The van der Waals surface area contributed by atoms with Gasteiger partial charge in [0.2, 0.25) is 5.91 Å². The van der Waals surface area contributed by atoms with E-state index >= 15 is 0 Å². The summed E-state index contributed by atoms with van der Waals surface area (Å²) in [6.45, 7) is 4.16. The van der Waals surface area contributed by atoms with E-state index in [1.807, 2.05) is 0 Å². The molecule has 1 aliphatic carbocycles. The van der Waals surface area contributed by atoms with Crippen molar-refractivity contribution in [3.63, 3.8) is 0 Å². The molecule has 1 fully saturated rings. The number of nitrogens with two attached hydrogens (primary N) is 1. The highest BCUT2D eigenvalue weighted by molar-refractivity contribution is 5.77. The first-order valence-corrected chi connectivity index (χ1v) is 5.12. The largest absolute Gasteiger partial charge is 0.351 e. The summed E-state index contributed by atoms with van der Waals surface area (Å²) in [6.07, 6.45) is 4.68. The molecule has 0 aromatic rings. The standard InChI is InChI=1S/C10H20N2O/c1-3-4-8(11)7-9(13)12-10(2)5-6-10/h8H,3-7,11H2,1-2H3,(H,12,13). The van der Waals surface area contributed by atoms with Crippen molar-refractivity contribution >= 4 is 5.91 Å². The summed E-state index contributed by atoms with van der Waals surface area (Å²) in [5.74, 6) is 0.112. The Kier molecular flexibility index (Phi) is 3.31. The number of rotatable bonds is 5. The molecule has 1 unspecified atom stereocenters. The van der Waals surface area contributed by atoms with Crippen molar-refractivity contribution < 1.29 is 4.79 Å². The van der Waals surface area contributed by atoms with Crippen LogP contribution in [0.15, 0.2) is 0 Å². The fourth-order valence-corrected chi connectivity index (χ4v) is 1.41. The fraction of sp³-hybridized carbons (Fsp3) is 0.900. The summed E-state index contributed by atoms with van der Waals surface area (Å²) in [5.41, 5.74) is 5.86. The molecule has 1 rings (SSSR count). The molecule has 0 saturated heterocycles. The minimum absolute atomic E-state index is 0.0346. The van der Waals surface area contributed by atoms with Crippen LogP contribution >= 0.6 is 0 Å². The Morgan fingerprint density at radius 2 is 2.23 bits per heavy atom. The normalized spacial score (nSPS) is 20.8. The Morgan fingerprint density at radius 3 is 2.69 bits per heavy atom. The van der Waals surface area contributed by atoms with E-state index in [9.17, 15) is 4.79 Å². The van der Waals surface area contributed by atoms with Crippen molar-refractivity contribution in [1.29, 1.82) is 0 Å². The second-order valence-corrected chi connectivity index (χ2v) is 4.36. The van der Waals surface area contributed by atoms with E-state index in [1.165, 1.54) is 0 Å². The SMILES string of the molecule is CCCC(N)CC(=O)NC1(C)CC1. The summed E-state index contributed by atoms with van der Waals surface area (Å²) in [6, 6.07) is 0.0346. The van der Waals surface area contributed by atoms with Crippen LogP contribution in [0.25, 0.3) is 0 Å². The zero-order valence-electron chi connectivity index (χ0n) is 8.60. The van der Waals surface area contributed by atoms with Crippen molar-refractivity contribution in [1.82, 2.24) is 5.32 Å². The van der Waals surface area contributed by atoms with Crippen molar-refractivity contribution in [2.24, 2.45) is 5.73 Å². The highest BCUT2D eigenvalue weighted by Crippen LogP contribution is 2.34. The van der Waals surface area contributed by atoms with Crippen LogP contribution in [0, 0.1) is 0 Å². The van der Waals surface area contributed by atoms with Gasteiger partial charge in [0, 0.05) is 18.0 Å². The van der Waals surface area contributed by atoms with Crippen molar-refractivity contribution in [3.8, 4) is 0 Å². The van der Waals surface area contributed by atoms with Gasteiger partial charge in [-0.2, -0.15) is 0 Å². The molecule has 0 spiro atoms. The lowest BCUT2D eigenvalue weighted by molar-refractivity contribution is -0.122. The molecule has 3 nitrogen and oxygen atoms in total. The lowest BCUT2D eigenvalue weighted by Crippen LogP contribution is -2.38. The topological polar surface area (TPSA) is 55.1 Å². The van der Waals surface area contributed by atoms with Crippen LogP contribution in [-0.4, -0.2) is 17.5 Å². The summed E-state index contributed by atoms with van der Waals surface area (Å²) in [7, 11) is 0. The highest BCUT2D eigenvalue weighted by atomic mass is 16.1. The summed E-state index contributed by atoms with van der Waals surface area (Å²) in [5, 5.41) is 3.00. The second kappa shape index (κ2) is 4.09. The third-order valence-corrected chi connectivity index (χ3v) is 2.55. The Hall–Kier alpha value is -0.570. The minimum Gasteiger partial charge on any atom is -0.351 e. The van der Waals surface area contributed by atoms with Crippen LogP contribution in [0.5, 0.6) is 0 Å². The Morgan fingerprint density at radius 1 is 1.62 bits per heavy atom. The molecule has 0 aliphatic heterocycles. The summed E-state index contributed by atoms with van der Waals surface area (Å²) in [4.78, 5) is 11.4. The van der Waals surface area contributed by atoms with Gasteiger partial charge >= 0.3 is 0 Å². The van der Waals surface area contributed by atoms with Crippen LogP contribution in [0.1, 0.15) is 46.0 Å². The molecule has 0 radical (unpaired) electrons. The average Bonchev–Trinajstić information content (AvgIpc) is 2.67. The molecule has 0 aromatic heterocycles. The van der Waals surface area contributed by atoms with Crippen molar-refractivity contribution in [3.05, 3.63) is 0 Å². The Labute approximate surface area is 80.1 Å². The van der Waals surface area contributed by atoms with E-state index in [4.69, 9.17) is 5.73 Å². The maximum absolute atomic E-state index is 11.4. The summed E-state index contributed by atoms with van der Waals surface area (Å²) < 4.78 is 0. The molecular formula is C10H20N2O. The Balaban J connectivity index is 2.17. The quantitative estimate of drug-likeness (QED) is 0.674. The van der Waals surface area contributed by atoms with Gasteiger partial charge in [0.05, 0.1) is 0 Å². The first-order valence-electron chi connectivity index (χ1n) is 5.12. The monoisotopic (exact) mass is 184 g/mol. The number of carbonyl (C=O) groups excluding carboxylic acids is 1. The Bertz CT molecular complexity index is 187. The molecular weight excluding hydrogens is 164 g/mol. The molecule has 1 aliphatic rings.